The van der Waals surface area contributed by atoms with E-state index in [2.05, 4.69) is 18.7 Å². The van der Waals surface area contributed by atoms with Crippen LogP contribution < -0.4 is 5.73 Å². The lowest BCUT2D eigenvalue weighted by molar-refractivity contribution is 0.329. The van der Waals surface area contributed by atoms with Crippen LogP contribution in [0.3, 0.4) is 0 Å². The SMILES string of the molecule is CCN(CC)CC(N)=CC(=Nc1ccccc1Cl)c1ccc(-c2cccc(S(=O)[O-])c2)s1. The molecule has 8 heteroatoms. The lowest BCUT2D eigenvalue weighted by Crippen LogP contribution is -2.28. The number of allylic oxidation sites excluding steroid dienone is 1. The molecule has 3 rings (SSSR count). The van der Waals surface area contributed by atoms with Crippen LogP contribution in [0.5, 0.6) is 0 Å². The second kappa shape index (κ2) is 11.5. The summed E-state index contributed by atoms with van der Waals surface area (Å²) in [5.74, 6) is 0. The summed E-state index contributed by atoms with van der Waals surface area (Å²) in [6.45, 7) is 6.66. The number of nitrogens with two attached hydrogens (primary N) is 1. The van der Waals surface area contributed by atoms with Gasteiger partial charge >= 0.3 is 0 Å². The molecule has 168 valence electrons. The van der Waals surface area contributed by atoms with E-state index < -0.39 is 11.1 Å². The summed E-state index contributed by atoms with van der Waals surface area (Å²) in [5, 5.41) is 0.558. The first kappa shape index (κ1) is 24.4. The number of nitrogens with zero attached hydrogens (tertiary/aromatic N) is 2. The van der Waals surface area contributed by atoms with Crippen LogP contribution >= 0.6 is 22.9 Å². The third-order valence-electron chi connectivity index (χ3n) is 4.89. The average molecular weight is 487 g/mol. The zero-order chi connectivity index (χ0) is 23.1. The Bertz CT molecular complexity index is 1150. The maximum Gasteiger partial charge on any atom is 0.0827 e. The highest BCUT2D eigenvalue weighted by molar-refractivity contribution is 7.79. The molecule has 32 heavy (non-hydrogen) atoms. The minimum absolute atomic E-state index is 0.255. The standard InChI is InChI=1S/C24H26ClN3O2S2/c1-3-28(4-2)16-18(26)15-22(27-21-11-6-5-10-20(21)25)24-13-12-23(31-24)17-8-7-9-19(14-17)32(29)30/h5-15H,3-4,16,26H2,1-2H3,(H,29,30)/p-1. The van der Waals surface area contributed by atoms with Crippen LogP contribution in [0.2, 0.25) is 5.02 Å². The highest BCUT2D eigenvalue weighted by Crippen LogP contribution is 2.32. The molecular weight excluding hydrogens is 462 g/mol. The van der Waals surface area contributed by atoms with Crippen molar-refractivity contribution in [1.82, 2.24) is 4.90 Å². The van der Waals surface area contributed by atoms with Crippen molar-refractivity contribution in [3.63, 3.8) is 0 Å². The first-order chi connectivity index (χ1) is 15.4. The van der Waals surface area contributed by atoms with Crippen LogP contribution in [-0.4, -0.2) is 39.0 Å². The van der Waals surface area contributed by atoms with Gasteiger partial charge in [-0.05, 0) is 72.2 Å². The molecule has 0 amide bonds. The van der Waals surface area contributed by atoms with Crippen LogP contribution in [0.25, 0.3) is 10.4 Å². The van der Waals surface area contributed by atoms with E-state index in [9.17, 15) is 8.76 Å². The van der Waals surface area contributed by atoms with Gasteiger partial charge in [0.2, 0.25) is 0 Å². The van der Waals surface area contributed by atoms with Crippen LogP contribution in [0.15, 0.2) is 82.3 Å². The van der Waals surface area contributed by atoms with Gasteiger partial charge in [0.05, 0.1) is 21.3 Å². The van der Waals surface area contributed by atoms with Crippen molar-refractivity contribution in [2.75, 3.05) is 19.6 Å². The third-order valence-corrected chi connectivity index (χ3v) is 7.00. The number of likely N-dealkylation sites (N-methyl/N-ethyl adjacent to an activating group) is 1. The van der Waals surface area contributed by atoms with Gasteiger partial charge in [0.15, 0.2) is 0 Å². The van der Waals surface area contributed by atoms with Crippen molar-refractivity contribution < 1.29 is 8.76 Å². The molecule has 0 saturated carbocycles. The summed E-state index contributed by atoms with van der Waals surface area (Å²) in [7, 11) is 0. The number of halogens is 1. The smallest absolute Gasteiger partial charge is 0.0827 e. The first-order valence-corrected chi connectivity index (χ1v) is 12.5. The predicted octanol–water partition coefficient (Wildman–Crippen LogP) is 5.61. The highest BCUT2D eigenvalue weighted by Gasteiger charge is 2.11. The van der Waals surface area contributed by atoms with Crippen molar-refractivity contribution in [2.24, 2.45) is 10.7 Å². The maximum absolute atomic E-state index is 11.3. The topological polar surface area (TPSA) is 81.8 Å². The quantitative estimate of drug-likeness (QED) is 0.314. The summed E-state index contributed by atoms with van der Waals surface area (Å²) in [6, 6.07) is 18.2. The molecule has 0 bridgehead atoms. The summed E-state index contributed by atoms with van der Waals surface area (Å²) >= 11 is 5.60. The average Bonchev–Trinajstić information content (AvgIpc) is 3.29. The normalized spacial score (nSPS) is 13.5. The number of para-hydroxylation sites is 1. The van der Waals surface area contributed by atoms with Crippen molar-refractivity contribution in [2.45, 2.75) is 18.7 Å². The van der Waals surface area contributed by atoms with Gasteiger partial charge in [0, 0.05) is 22.0 Å². The van der Waals surface area contributed by atoms with Gasteiger partial charge in [-0.25, -0.2) is 4.99 Å². The molecule has 1 atom stereocenters. The van der Waals surface area contributed by atoms with E-state index in [-0.39, 0.29) is 4.90 Å². The second-order valence-corrected chi connectivity index (χ2v) is 9.49. The van der Waals surface area contributed by atoms with E-state index in [0.29, 0.717) is 28.7 Å². The van der Waals surface area contributed by atoms with E-state index in [0.717, 1.165) is 28.4 Å². The first-order valence-electron chi connectivity index (χ1n) is 10.2. The fourth-order valence-corrected chi connectivity index (χ4v) is 4.69. The van der Waals surface area contributed by atoms with Crippen molar-refractivity contribution in [3.05, 3.63) is 82.3 Å². The lowest BCUT2D eigenvalue weighted by atomic mass is 10.2. The Morgan fingerprint density at radius 2 is 1.91 bits per heavy atom. The summed E-state index contributed by atoms with van der Waals surface area (Å²) in [4.78, 5) is 9.14. The van der Waals surface area contributed by atoms with Crippen LogP contribution in [-0.2, 0) is 11.1 Å². The molecule has 0 saturated heterocycles. The molecule has 0 fully saturated rings. The number of hydrogen-bond donors (Lipinski definition) is 1. The van der Waals surface area contributed by atoms with Crippen molar-refractivity contribution >= 4 is 45.4 Å². The molecule has 1 aromatic heterocycles. The van der Waals surface area contributed by atoms with E-state index in [1.807, 2.05) is 42.5 Å². The zero-order valence-corrected chi connectivity index (χ0v) is 20.3. The maximum atomic E-state index is 11.3. The van der Waals surface area contributed by atoms with Crippen LogP contribution in [0.4, 0.5) is 5.69 Å². The summed E-state index contributed by atoms with van der Waals surface area (Å²) < 4.78 is 22.7. The van der Waals surface area contributed by atoms with E-state index in [1.54, 1.807) is 24.3 Å². The van der Waals surface area contributed by atoms with Gasteiger partial charge < -0.3 is 10.3 Å². The molecular formula is C24H25ClN3O2S2-. The van der Waals surface area contributed by atoms with E-state index in [1.165, 1.54) is 11.3 Å². The van der Waals surface area contributed by atoms with Gasteiger partial charge in [-0.1, -0.05) is 49.7 Å². The molecule has 1 unspecified atom stereocenters. The van der Waals surface area contributed by atoms with Gasteiger partial charge in [0.1, 0.15) is 0 Å². The molecule has 2 N–H and O–H groups in total. The van der Waals surface area contributed by atoms with Gasteiger partial charge in [-0.2, -0.15) is 0 Å². The Kier molecular flexibility index (Phi) is 8.78. The minimum Gasteiger partial charge on any atom is -0.768 e. The molecule has 1 heterocycles. The molecule has 3 aromatic rings. The fraction of sp³-hybridized carbons (Fsp3) is 0.208. The Balaban J connectivity index is 2.02. The van der Waals surface area contributed by atoms with Crippen LogP contribution in [0.1, 0.15) is 18.7 Å². The number of hydrogen-bond acceptors (Lipinski definition) is 6. The predicted molar refractivity (Wildman–Crippen MR) is 135 cm³/mol. The zero-order valence-electron chi connectivity index (χ0n) is 18.0. The molecule has 2 aromatic carbocycles. The van der Waals surface area contributed by atoms with Gasteiger partial charge in [-0.3, -0.25) is 9.11 Å². The summed E-state index contributed by atoms with van der Waals surface area (Å²) in [5.41, 5.74) is 9.28. The Hall–Kier alpha value is -2.29. The van der Waals surface area contributed by atoms with Gasteiger partial charge in [0.25, 0.3) is 0 Å². The minimum atomic E-state index is -2.27. The van der Waals surface area contributed by atoms with Crippen molar-refractivity contribution in [1.29, 1.82) is 0 Å². The fourth-order valence-electron chi connectivity index (χ4n) is 3.14. The Labute approximate surface area is 200 Å². The largest absolute Gasteiger partial charge is 0.768 e. The number of benzene rings is 2. The molecule has 0 spiro atoms. The molecule has 5 nitrogen and oxygen atoms in total. The summed E-state index contributed by atoms with van der Waals surface area (Å²) in [6.07, 6.45) is 1.89. The number of aliphatic imine (C=N–C) groups is 1. The molecule has 0 aliphatic rings. The monoisotopic (exact) mass is 486 g/mol. The van der Waals surface area contributed by atoms with Crippen molar-refractivity contribution in [3.8, 4) is 10.4 Å². The second-order valence-electron chi connectivity index (χ2n) is 7.06. The molecule has 0 radical (unpaired) electrons. The van der Waals surface area contributed by atoms with E-state index in [4.69, 9.17) is 22.3 Å². The number of rotatable bonds is 9. The molecule has 0 aliphatic carbocycles. The van der Waals surface area contributed by atoms with Gasteiger partial charge in [-0.15, -0.1) is 11.3 Å². The van der Waals surface area contributed by atoms with E-state index >= 15 is 0 Å². The van der Waals surface area contributed by atoms with Crippen LogP contribution in [0, 0.1) is 0 Å². The highest BCUT2D eigenvalue weighted by atomic mass is 35.5. The molecule has 0 aliphatic heterocycles. The Morgan fingerprint density at radius 1 is 1.16 bits per heavy atom. The third kappa shape index (κ3) is 6.37. The Morgan fingerprint density at radius 3 is 2.59 bits per heavy atom. The number of thiophene rings is 1. The lowest BCUT2D eigenvalue weighted by Gasteiger charge is -2.18.